The largest absolute Gasteiger partial charge is 0.495 e. The molecule has 18 heavy (non-hydrogen) atoms. The fraction of sp³-hybridized carbons (Fsp3) is 0.0909. The van der Waals surface area contributed by atoms with E-state index in [1.54, 1.807) is 7.11 Å². The second-order valence-electron chi connectivity index (χ2n) is 3.28. The van der Waals surface area contributed by atoms with Gasteiger partial charge in [-0.15, -0.1) is 0 Å². The van der Waals surface area contributed by atoms with Gasteiger partial charge < -0.3 is 15.9 Å². The third-order valence-electron chi connectivity index (χ3n) is 2.15. The Hall–Kier alpha value is -1.79. The van der Waals surface area contributed by atoms with Crippen LogP contribution in [0.1, 0.15) is 4.88 Å². The Morgan fingerprint density at radius 3 is 3.00 bits per heavy atom. The molecule has 1 aromatic carbocycles. The molecule has 0 saturated carbocycles. The monoisotopic (exact) mass is 282 g/mol. The number of methoxy groups -OCH3 is 1. The van der Waals surface area contributed by atoms with Gasteiger partial charge in [-0.1, -0.05) is 35.1 Å². The van der Waals surface area contributed by atoms with Crippen LogP contribution in [0.4, 0.5) is 10.8 Å². The fourth-order valence-electron chi connectivity index (χ4n) is 1.38. The van der Waals surface area contributed by atoms with Gasteiger partial charge in [0.15, 0.2) is 10.3 Å². The van der Waals surface area contributed by atoms with E-state index in [4.69, 9.17) is 22.2 Å². The number of nitrogens with zero attached hydrogens (tertiary/aromatic N) is 2. The molecule has 0 aliphatic rings. The highest BCUT2D eigenvalue weighted by atomic mass is 35.5. The zero-order valence-electron chi connectivity index (χ0n) is 9.55. The molecule has 1 aromatic heterocycles. The van der Waals surface area contributed by atoms with Crippen molar-refractivity contribution in [1.82, 2.24) is 4.98 Å². The van der Waals surface area contributed by atoms with Crippen molar-refractivity contribution in [2.45, 2.75) is 0 Å². The lowest BCUT2D eigenvalue weighted by molar-refractivity contribution is 0.417. The molecule has 1 heterocycles. The topological polar surface area (TPSA) is 72.5 Å². The van der Waals surface area contributed by atoms with Crippen LogP contribution in [0.2, 0.25) is 5.15 Å². The first-order valence-electron chi connectivity index (χ1n) is 5.04. The van der Waals surface area contributed by atoms with Crippen LogP contribution in [0.3, 0.4) is 0 Å². The number of aromatic nitrogens is 1. The Labute approximate surface area is 113 Å². The third-order valence-corrected chi connectivity index (χ3v) is 3.46. The number of para-hydroxylation sites is 2. The Morgan fingerprint density at radius 2 is 2.28 bits per heavy atom. The number of thiazole rings is 1. The van der Waals surface area contributed by atoms with E-state index in [-0.39, 0.29) is 0 Å². The Kier molecular flexibility index (Phi) is 4.01. The van der Waals surface area contributed by atoms with E-state index in [0.29, 0.717) is 15.2 Å². The van der Waals surface area contributed by atoms with Gasteiger partial charge in [-0.2, -0.15) is 5.10 Å². The van der Waals surface area contributed by atoms with Gasteiger partial charge in [0, 0.05) is 0 Å². The molecule has 2 aromatic rings. The number of ether oxygens (including phenoxy) is 1. The summed E-state index contributed by atoms with van der Waals surface area (Å²) >= 11 is 7.30. The number of halogens is 1. The maximum atomic E-state index is 5.94. The summed E-state index contributed by atoms with van der Waals surface area (Å²) in [4.78, 5) is 4.88. The zero-order valence-corrected chi connectivity index (χ0v) is 11.1. The molecule has 3 N–H and O–H groups in total. The normalized spacial score (nSPS) is 10.8. The van der Waals surface area contributed by atoms with Crippen molar-refractivity contribution in [3.63, 3.8) is 0 Å². The molecule has 0 atom stereocenters. The molecule has 94 valence electrons. The molecule has 2 rings (SSSR count). The van der Waals surface area contributed by atoms with Crippen LogP contribution in [-0.4, -0.2) is 18.3 Å². The summed E-state index contributed by atoms with van der Waals surface area (Å²) in [5.74, 6) is 5.82. The van der Waals surface area contributed by atoms with Gasteiger partial charge in [-0.05, 0) is 12.1 Å². The first-order valence-corrected chi connectivity index (χ1v) is 6.23. The van der Waals surface area contributed by atoms with Gasteiger partial charge in [-0.25, -0.2) is 4.98 Å². The lowest BCUT2D eigenvalue weighted by Crippen LogP contribution is -1.93. The predicted octanol–water partition coefficient (Wildman–Crippen LogP) is 2.84. The smallest absolute Gasteiger partial charge is 0.189 e. The molecule has 5 nitrogen and oxygen atoms in total. The average molecular weight is 283 g/mol. The molecular weight excluding hydrogens is 272 g/mol. The predicted molar refractivity (Wildman–Crippen MR) is 75.2 cm³/mol. The lowest BCUT2D eigenvalue weighted by atomic mass is 10.3. The Balaban J connectivity index is 2.26. The van der Waals surface area contributed by atoms with Crippen LogP contribution in [0.5, 0.6) is 5.75 Å². The summed E-state index contributed by atoms with van der Waals surface area (Å²) in [6.07, 6.45) is 1.47. The van der Waals surface area contributed by atoms with Crippen LogP contribution in [0.15, 0.2) is 29.4 Å². The summed E-state index contributed by atoms with van der Waals surface area (Å²) in [5, 5.41) is 7.59. The molecule has 0 saturated heterocycles. The number of hydrogen-bond donors (Lipinski definition) is 2. The summed E-state index contributed by atoms with van der Waals surface area (Å²) in [6, 6.07) is 7.55. The maximum Gasteiger partial charge on any atom is 0.189 e. The molecular formula is C11H11ClN4OS. The lowest BCUT2D eigenvalue weighted by Gasteiger charge is -2.07. The van der Waals surface area contributed by atoms with Crippen molar-refractivity contribution in [2.24, 2.45) is 10.9 Å². The average Bonchev–Trinajstić information content (AvgIpc) is 2.71. The molecule has 0 fully saturated rings. The highest BCUT2D eigenvalue weighted by Crippen LogP contribution is 2.31. The number of hydrogen-bond acceptors (Lipinski definition) is 6. The maximum absolute atomic E-state index is 5.94. The Morgan fingerprint density at radius 1 is 1.50 bits per heavy atom. The quantitative estimate of drug-likeness (QED) is 0.514. The second-order valence-corrected chi connectivity index (χ2v) is 4.67. The highest BCUT2D eigenvalue weighted by Gasteiger charge is 2.09. The van der Waals surface area contributed by atoms with Gasteiger partial charge in [-0.3, -0.25) is 0 Å². The number of anilines is 2. The van der Waals surface area contributed by atoms with E-state index >= 15 is 0 Å². The van der Waals surface area contributed by atoms with Gasteiger partial charge >= 0.3 is 0 Å². The minimum absolute atomic E-state index is 0.367. The highest BCUT2D eigenvalue weighted by molar-refractivity contribution is 7.17. The molecule has 0 aliphatic carbocycles. The van der Waals surface area contributed by atoms with Crippen LogP contribution < -0.4 is 15.9 Å². The SMILES string of the molecule is COc1ccccc1Nc1nc(Cl)c(/C=N/N)s1. The van der Waals surface area contributed by atoms with Crippen molar-refractivity contribution in [2.75, 3.05) is 12.4 Å². The van der Waals surface area contributed by atoms with Gasteiger partial charge in [0.25, 0.3) is 0 Å². The summed E-state index contributed by atoms with van der Waals surface area (Å²) in [5.41, 5.74) is 0.821. The zero-order chi connectivity index (χ0) is 13.0. The van der Waals surface area contributed by atoms with Gasteiger partial charge in [0.2, 0.25) is 0 Å². The van der Waals surface area contributed by atoms with E-state index in [1.807, 2.05) is 24.3 Å². The first kappa shape index (κ1) is 12.7. The van der Waals surface area contributed by atoms with E-state index in [0.717, 1.165) is 11.4 Å². The van der Waals surface area contributed by atoms with Crippen molar-refractivity contribution in [1.29, 1.82) is 0 Å². The summed E-state index contributed by atoms with van der Waals surface area (Å²) < 4.78 is 5.24. The van der Waals surface area contributed by atoms with Gasteiger partial charge in [0.05, 0.1) is 23.9 Å². The summed E-state index contributed by atoms with van der Waals surface area (Å²) in [7, 11) is 1.61. The molecule has 0 amide bonds. The van der Waals surface area contributed by atoms with Gasteiger partial charge in [0.1, 0.15) is 5.75 Å². The molecule has 0 spiro atoms. The second kappa shape index (κ2) is 5.70. The van der Waals surface area contributed by atoms with Crippen molar-refractivity contribution in [3.05, 3.63) is 34.3 Å². The fourth-order valence-corrected chi connectivity index (χ4v) is 2.43. The van der Waals surface area contributed by atoms with Crippen LogP contribution in [0, 0.1) is 0 Å². The minimum atomic E-state index is 0.367. The third kappa shape index (κ3) is 2.72. The first-order chi connectivity index (χ1) is 8.74. The molecule has 7 heteroatoms. The van der Waals surface area contributed by atoms with Crippen molar-refractivity contribution >= 4 is 40.0 Å². The van der Waals surface area contributed by atoms with E-state index in [9.17, 15) is 0 Å². The van der Waals surface area contributed by atoms with Crippen molar-refractivity contribution < 1.29 is 4.74 Å². The van der Waals surface area contributed by atoms with Crippen molar-refractivity contribution in [3.8, 4) is 5.75 Å². The van der Waals surface area contributed by atoms with Crippen LogP contribution in [-0.2, 0) is 0 Å². The molecule has 0 unspecified atom stereocenters. The number of nitrogens with one attached hydrogen (secondary N) is 1. The molecule has 0 bridgehead atoms. The minimum Gasteiger partial charge on any atom is -0.495 e. The van der Waals surface area contributed by atoms with Crippen LogP contribution >= 0.6 is 22.9 Å². The number of nitrogens with two attached hydrogens (primary N) is 1. The number of rotatable bonds is 4. The molecule has 0 radical (unpaired) electrons. The van der Waals surface area contributed by atoms with E-state index in [1.165, 1.54) is 17.6 Å². The van der Waals surface area contributed by atoms with E-state index in [2.05, 4.69) is 15.4 Å². The number of benzene rings is 1. The van der Waals surface area contributed by atoms with E-state index < -0.39 is 0 Å². The Bertz CT molecular complexity index is 570. The molecule has 0 aliphatic heterocycles. The summed E-state index contributed by atoms with van der Waals surface area (Å²) in [6.45, 7) is 0. The van der Waals surface area contributed by atoms with Crippen LogP contribution in [0.25, 0.3) is 0 Å². The number of hydrazone groups is 1. The standard InChI is InChI=1S/C11H11ClN4OS/c1-17-8-5-3-2-4-7(8)15-11-16-10(12)9(18-11)6-14-13/h2-6H,13H2,1H3,(H,15,16)/b14-6+.